The molecule has 2 aromatic rings. The van der Waals surface area contributed by atoms with E-state index < -0.39 is 0 Å². The van der Waals surface area contributed by atoms with E-state index >= 15 is 0 Å². The minimum atomic E-state index is 0.316. The van der Waals surface area contributed by atoms with E-state index in [1.807, 2.05) is 19.2 Å². The molecule has 3 nitrogen and oxygen atoms in total. The molecular formula is C13H16BrN3. The minimum Gasteiger partial charge on any atom is -0.345 e. The molecule has 0 spiro atoms. The summed E-state index contributed by atoms with van der Waals surface area (Å²) in [6.07, 6.45) is 1.87. The summed E-state index contributed by atoms with van der Waals surface area (Å²) in [5.74, 6) is 0.955. The number of H-pyrrole nitrogens is 1. The zero-order valence-electron chi connectivity index (χ0n) is 10.00. The van der Waals surface area contributed by atoms with Gasteiger partial charge in [0, 0.05) is 29.0 Å². The van der Waals surface area contributed by atoms with Crippen LogP contribution in [0.3, 0.4) is 0 Å². The van der Waals surface area contributed by atoms with E-state index in [1.54, 1.807) is 0 Å². The monoisotopic (exact) mass is 293 g/mol. The van der Waals surface area contributed by atoms with Crippen molar-refractivity contribution in [2.45, 2.75) is 26.4 Å². The topological polar surface area (TPSA) is 40.7 Å². The fourth-order valence-corrected chi connectivity index (χ4v) is 2.14. The summed E-state index contributed by atoms with van der Waals surface area (Å²) < 4.78 is 1.11. The van der Waals surface area contributed by atoms with Crippen molar-refractivity contribution in [3.8, 4) is 0 Å². The van der Waals surface area contributed by atoms with E-state index in [1.165, 1.54) is 5.56 Å². The van der Waals surface area contributed by atoms with Crippen LogP contribution in [0.15, 0.2) is 34.9 Å². The molecule has 4 heteroatoms. The first-order valence-corrected chi connectivity index (χ1v) is 6.44. The fourth-order valence-electron chi connectivity index (χ4n) is 1.72. The van der Waals surface area contributed by atoms with E-state index in [0.717, 1.165) is 22.5 Å². The molecule has 0 aliphatic carbocycles. The molecule has 1 heterocycles. The summed E-state index contributed by atoms with van der Waals surface area (Å²) in [5.41, 5.74) is 2.39. The average Bonchev–Trinajstić information content (AvgIpc) is 2.72. The van der Waals surface area contributed by atoms with Crippen LogP contribution < -0.4 is 5.32 Å². The lowest BCUT2D eigenvalue weighted by Gasteiger charge is -2.13. The van der Waals surface area contributed by atoms with Crippen molar-refractivity contribution in [3.63, 3.8) is 0 Å². The van der Waals surface area contributed by atoms with Crippen LogP contribution in [0.25, 0.3) is 0 Å². The highest BCUT2D eigenvalue weighted by atomic mass is 79.9. The van der Waals surface area contributed by atoms with Crippen molar-refractivity contribution in [2.75, 3.05) is 0 Å². The number of hydrogen-bond donors (Lipinski definition) is 2. The van der Waals surface area contributed by atoms with E-state index in [-0.39, 0.29) is 0 Å². The Kier molecular flexibility index (Phi) is 3.97. The highest BCUT2D eigenvalue weighted by Crippen LogP contribution is 2.18. The number of nitrogens with zero attached hydrogens (tertiary/aromatic N) is 1. The summed E-state index contributed by atoms with van der Waals surface area (Å²) in [5, 5.41) is 3.46. The molecule has 0 radical (unpaired) electrons. The molecule has 0 aliphatic heterocycles. The number of nitrogens with one attached hydrogen (secondary N) is 2. The molecule has 2 rings (SSSR count). The Balaban J connectivity index is 1.95. The maximum absolute atomic E-state index is 4.18. The summed E-state index contributed by atoms with van der Waals surface area (Å²) >= 11 is 3.49. The molecule has 90 valence electrons. The Morgan fingerprint density at radius 1 is 1.47 bits per heavy atom. The van der Waals surface area contributed by atoms with E-state index in [2.05, 4.69) is 56.3 Å². The lowest BCUT2D eigenvalue weighted by molar-refractivity contribution is 0.568. The van der Waals surface area contributed by atoms with Crippen molar-refractivity contribution in [1.29, 1.82) is 0 Å². The van der Waals surface area contributed by atoms with E-state index in [4.69, 9.17) is 0 Å². The number of hydrogen-bond acceptors (Lipinski definition) is 2. The second-order valence-corrected chi connectivity index (χ2v) is 5.07. The predicted molar refractivity (Wildman–Crippen MR) is 72.7 cm³/mol. The van der Waals surface area contributed by atoms with Crippen molar-refractivity contribution >= 4 is 15.9 Å². The van der Waals surface area contributed by atoms with Crippen LogP contribution in [0.2, 0.25) is 0 Å². The second kappa shape index (κ2) is 5.47. The maximum Gasteiger partial charge on any atom is 0.103 e. The Bertz CT molecular complexity index is 493. The van der Waals surface area contributed by atoms with Crippen molar-refractivity contribution in [2.24, 2.45) is 0 Å². The zero-order valence-corrected chi connectivity index (χ0v) is 11.6. The highest BCUT2D eigenvalue weighted by Gasteiger charge is 2.05. The van der Waals surface area contributed by atoms with Crippen LogP contribution >= 0.6 is 15.9 Å². The molecule has 1 aromatic heterocycles. The first-order chi connectivity index (χ1) is 8.15. The van der Waals surface area contributed by atoms with Gasteiger partial charge >= 0.3 is 0 Å². The highest BCUT2D eigenvalue weighted by molar-refractivity contribution is 9.10. The van der Waals surface area contributed by atoms with Gasteiger partial charge in [-0.05, 0) is 31.5 Å². The van der Waals surface area contributed by atoms with Gasteiger partial charge in [0.25, 0.3) is 0 Å². The number of rotatable bonds is 4. The van der Waals surface area contributed by atoms with Crippen LogP contribution in [0.5, 0.6) is 0 Å². The van der Waals surface area contributed by atoms with Gasteiger partial charge in [0.2, 0.25) is 0 Å². The standard InChI is InChI=1S/C13H16BrN3/c1-9(11-4-3-5-12(14)6-11)15-7-13-8-16-10(2)17-13/h3-6,8-9,15H,7H2,1-2H3,(H,16,17)/t9-/m1/s1. The van der Waals surface area contributed by atoms with Crippen molar-refractivity contribution in [1.82, 2.24) is 15.3 Å². The molecule has 1 atom stereocenters. The quantitative estimate of drug-likeness (QED) is 0.908. The third kappa shape index (κ3) is 3.41. The van der Waals surface area contributed by atoms with Gasteiger partial charge in [-0.2, -0.15) is 0 Å². The molecule has 0 amide bonds. The Morgan fingerprint density at radius 2 is 2.29 bits per heavy atom. The summed E-state index contributed by atoms with van der Waals surface area (Å²) in [4.78, 5) is 7.39. The third-order valence-corrected chi connectivity index (χ3v) is 3.20. The van der Waals surface area contributed by atoms with Gasteiger partial charge in [0.15, 0.2) is 0 Å². The van der Waals surface area contributed by atoms with Gasteiger partial charge in [0.05, 0.1) is 0 Å². The molecule has 0 saturated carbocycles. The SMILES string of the molecule is Cc1ncc(CN[C@H](C)c2cccc(Br)c2)[nH]1. The molecule has 17 heavy (non-hydrogen) atoms. The fraction of sp³-hybridized carbons (Fsp3) is 0.308. The maximum atomic E-state index is 4.18. The number of aryl methyl sites for hydroxylation is 1. The lowest BCUT2D eigenvalue weighted by atomic mass is 10.1. The number of imidazole rings is 1. The first kappa shape index (κ1) is 12.3. The first-order valence-electron chi connectivity index (χ1n) is 5.64. The summed E-state index contributed by atoms with van der Waals surface area (Å²) in [7, 11) is 0. The largest absolute Gasteiger partial charge is 0.345 e. The Morgan fingerprint density at radius 3 is 2.94 bits per heavy atom. The zero-order chi connectivity index (χ0) is 12.3. The van der Waals surface area contributed by atoms with Gasteiger partial charge in [-0.15, -0.1) is 0 Å². The minimum absolute atomic E-state index is 0.316. The number of aromatic amines is 1. The molecule has 1 aromatic carbocycles. The van der Waals surface area contributed by atoms with Gasteiger partial charge in [-0.25, -0.2) is 4.98 Å². The summed E-state index contributed by atoms with van der Waals surface area (Å²) in [6, 6.07) is 8.67. The van der Waals surface area contributed by atoms with Gasteiger partial charge in [-0.3, -0.25) is 0 Å². The van der Waals surface area contributed by atoms with Crippen LogP contribution in [0, 0.1) is 6.92 Å². The summed E-state index contributed by atoms with van der Waals surface area (Å²) in [6.45, 7) is 4.92. The van der Waals surface area contributed by atoms with Crippen molar-refractivity contribution < 1.29 is 0 Å². The van der Waals surface area contributed by atoms with Gasteiger partial charge < -0.3 is 10.3 Å². The Hall–Kier alpha value is -1.13. The van der Waals surface area contributed by atoms with E-state index in [0.29, 0.717) is 6.04 Å². The van der Waals surface area contributed by atoms with Crippen LogP contribution in [-0.2, 0) is 6.54 Å². The third-order valence-electron chi connectivity index (χ3n) is 2.70. The van der Waals surface area contributed by atoms with E-state index in [9.17, 15) is 0 Å². The van der Waals surface area contributed by atoms with Gasteiger partial charge in [0.1, 0.15) is 5.82 Å². The molecule has 0 aliphatic rings. The Labute approximate surface area is 110 Å². The van der Waals surface area contributed by atoms with Crippen molar-refractivity contribution in [3.05, 3.63) is 52.0 Å². The van der Waals surface area contributed by atoms with Gasteiger partial charge in [-0.1, -0.05) is 28.1 Å². The molecule has 0 unspecified atom stereocenters. The van der Waals surface area contributed by atoms with Crippen LogP contribution in [0.1, 0.15) is 30.0 Å². The molecule has 2 N–H and O–H groups in total. The molecule has 0 saturated heterocycles. The number of aromatic nitrogens is 2. The molecule has 0 fully saturated rings. The van der Waals surface area contributed by atoms with Crippen LogP contribution in [0.4, 0.5) is 0 Å². The lowest BCUT2D eigenvalue weighted by Crippen LogP contribution is -2.18. The number of benzene rings is 1. The number of halogens is 1. The van der Waals surface area contributed by atoms with Crippen LogP contribution in [-0.4, -0.2) is 9.97 Å². The molecular weight excluding hydrogens is 278 g/mol. The normalized spacial score (nSPS) is 12.6. The molecule has 0 bridgehead atoms. The second-order valence-electron chi connectivity index (χ2n) is 4.15. The predicted octanol–water partition coefficient (Wildman–Crippen LogP) is 3.33. The smallest absolute Gasteiger partial charge is 0.103 e. The average molecular weight is 294 g/mol.